The Morgan fingerprint density at radius 1 is 1.00 bits per heavy atom. The van der Waals surface area contributed by atoms with Gasteiger partial charge in [-0.15, -0.1) is 0 Å². The van der Waals surface area contributed by atoms with Gasteiger partial charge in [0.05, 0.1) is 31.5 Å². The molecule has 4 aromatic rings. The molecule has 3 aromatic heterocycles. The number of imidazole rings is 1. The van der Waals surface area contributed by atoms with Crippen molar-refractivity contribution >= 4 is 22.4 Å². The number of rotatable bonds is 9. The van der Waals surface area contributed by atoms with Gasteiger partial charge in [-0.25, -0.2) is 4.98 Å². The number of hydrogen-bond donors (Lipinski definition) is 2. The molecule has 1 aliphatic heterocycles. The van der Waals surface area contributed by atoms with Crippen LogP contribution < -0.4 is 49.6 Å². The number of methoxy groups -OCH3 is 1. The van der Waals surface area contributed by atoms with Crippen molar-refractivity contribution in [2.45, 2.75) is 40.2 Å². The summed E-state index contributed by atoms with van der Waals surface area (Å²) < 4.78 is 15.1. The second-order valence-corrected chi connectivity index (χ2v) is 9.69. The molecule has 2 N–H and O–H groups in total. The van der Waals surface area contributed by atoms with E-state index in [0.717, 1.165) is 74.0 Å². The van der Waals surface area contributed by atoms with Crippen molar-refractivity contribution in [2.75, 3.05) is 46.4 Å². The molecule has 0 radical (unpaired) electrons. The van der Waals surface area contributed by atoms with Gasteiger partial charge in [0, 0.05) is 31.5 Å². The van der Waals surface area contributed by atoms with Crippen LogP contribution >= 0.6 is 0 Å². The number of pyridine rings is 1. The van der Waals surface area contributed by atoms with Gasteiger partial charge < -0.3 is 43.8 Å². The number of piperazine rings is 1. The molecule has 1 aliphatic rings. The Balaban J connectivity index is 0.00000210. The molecule has 1 fully saturated rings. The number of nitrogens with one attached hydrogen (secondary N) is 2. The van der Waals surface area contributed by atoms with E-state index in [4.69, 9.17) is 14.5 Å². The lowest BCUT2D eigenvalue weighted by Gasteiger charge is -2.30. The van der Waals surface area contributed by atoms with Crippen LogP contribution in [0.25, 0.3) is 16.7 Å². The van der Waals surface area contributed by atoms with Gasteiger partial charge in [0.25, 0.3) is 5.56 Å². The van der Waals surface area contributed by atoms with E-state index in [1.54, 1.807) is 12.0 Å². The summed E-state index contributed by atoms with van der Waals surface area (Å²) in [4.78, 5) is 26.1. The second kappa shape index (κ2) is 13.5. The zero-order valence-corrected chi connectivity index (χ0v) is 24.6. The van der Waals surface area contributed by atoms with E-state index in [9.17, 15) is 4.79 Å². The molecule has 0 unspecified atom stereocenters. The van der Waals surface area contributed by atoms with Crippen molar-refractivity contribution < 1.29 is 44.1 Å². The average Bonchev–Trinajstić information content (AvgIpc) is 3.28. The van der Waals surface area contributed by atoms with E-state index in [-0.39, 0.29) is 30.4 Å². The highest BCUT2D eigenvalue weighted by Crippen LogP contribution is 2.21. The fourth-order valence-corrected chi connectivity index (χ4v) is 5.63. The van der Waals surface area contributed by atoms with Crippen LogP contribution in [0.1, 0.15) is 31.8 Å². The van der Waals surface area contributed by atoms with E-state index < -0.39 is 0 Å². The van der Waals surface area contributed by atoms with Crippen molar-refractivity contribution in [2.24, 2.45) is 0 Å². The Morgan fingerprint density at radius 3 is 2.44 bits per heavy atom. The van der Waals surface area contributed by atoms with Gasteiger partial charge in [-0.05, 0) is 26.0 Å². The molecule has 5 rings (SSSR count). The lowest BCUT2D eigenvalue weighted by Crippen LogP contribution is -3.26. The van der Waals surface area contributed by atoms with E-state index in [1.807, 2.05) is 47.9 Å². The highest BCUT2D eigenvalue weighted by Gasteiger charge is 2.27. The van der Waals surface area contributed by atoms with Gasteiger partial charge in [0.1, 0.15) is 37.5 Å². The highest BCUT2D eigenvalue weighted by atomic mass is 35.5. The predicted octanol–water partition coefficient (Wildman–Crippen LogP) is -5.16. The van der Waals surface area contributed by atoms with E-state index >= 15 is 0 Å². The Labute approximate surface area is 241 Å². The average molecular weight is 578 g/mol. The summed E-state index contributed by atoms with van der Waals surface area (Å²) in [6, 6.07) is 12.2. The number of para-hydroxylation sites is 2. The summed E-state index contributed by atoms with van der Waals surface area (Å²) in [6.45, 7) is 12.7. The van der Waals surface area contributed by atoms with Crippen molar-refractivity contribution in [3.05, 3.63) is 58.3 Å². The first-order valence-electron chi connectivity index (χ1n) is 13.4. The van der Waals surface area contributed by atoms with Crippen molar-refractivity contribution in [3.8, 4) is 11.6 Å². The number of aromatic nitrogens is 4. The fraction of sp³-hybridized carbons (Fsp3) is 0.464. The lowest BCUT2D eigenvalue weighted by atomic mass is 10.2. The zero-order valence-electron chi connectivity index (χ0n) is 23.1. The minimum atomic E-state index is 0. The third-order valence-electron chi connectivity index (χ3n) is 7.47. The van der Waals surface area contributed by atoms with Gasteiger partial charge in [0.2, 0.25) is 5.88 Å². The summed E-state index contributed by atoms with van der Waals surface area (Å²) in [6.07, 6.45) is 1.64. The predicted molar refractivity (Wildman–Crippen MR) is 144 cm³/mol. The molecule has 9 nitrogen and oxygen atoms in total. The maximum absolute atomic E-state index is 13.6. The van der Waals surface area contributed by atoms with Crippen LogP contribution in [-0.4, -0.2) is 65.4 Å². The molecular formula is C28H38Cl2N6O3. The number of fused-ring (bicyclic) bond motifs is 3. The van der Waals surface area contributed by atoms with Crippen LogP contribution in [0.5, 0.6) is 11.6 Å². The Kier molecular flexibility index (Phi) is 10.6. The molecule has 0 bridgehead atoms. The molecule has 11 heteroatoms. The van der Waals surface area contributed by atoms with Crippen LogP contribution in [0.4, 0.5) is 5.69 Å². The van der Waals surface area contributed by atoms with Crippen LogP contribution in [0, 0.1) is 6.92 Å². The number of benzene rings is 1. The summed E-state index contributed by atoms with van der Waals surface area (Å²) in [7, 11) is 1.61. The molecule has 0 saturated carbocycles. The van der Waals surface area contributed by atoms with Crippen molar-refractivity contribution in [1.29, 1.82) is 0 Å². The Hall–Kier alpha value is -2.85. The molecule has 0 spiro atoms. The molecule has 0 atom stereocenters. The normalized spacial score (nSPS) is 17.0. The van der Waals surface area contributed by atoms with E-state index in [1.165, 1.54) is 10.6 Å². The lowest BCUT2D eigenvalue weighted by molar-refractivity contribution is -0.986. The first-order valence-corrected chi connectivity index (χ1v) is 13.4. The standard InChI is InChI=1S/C28H36N6O3.2ClH/c1-5-24-29-20(3)26-28(35)33(22-12-13-25(36-4)30-27(22)34(24)26)15-9-14-31-16-18-32(19-17-31)21-10-7-8-11-23(21)37-6-2;;/h7-8,10-13H,5-6,9,14-19H2,1-4H3;2*1H. The molecule has 39 heavy (non-hydrogen) atoms. The molecule has 1 saturated heterocycles. The number of quaternary nitrogens is 2. The third kappa shape index (κ3) is 6.01. The molecule has 0 aliphatic carbocycles. The van der Waals surface area contributed by atoms with Gasteiger partial charge in [-0.3, -0.25) is 14.1 Å². The second-order valence-electron chi connectivity index (χ2n) is 9.69. The van der Waals surface area contributed by atoms with Crippen molar-refractivity contribution in [1.82, 2.24) is 18.9 Å². The first kappa shape index (κ1) is 30.7. The van der Waals surface area contributed by atoms with Gasteiger partial charge in [-0.1, -0.05) is 19.1 Å². The molecule has 4 heterocycles. The Morgan fingerprint density at radius 2 is 1.74 bits per heavy atom. The quantitative estimate of drug-likeness (QED) is 0.208. The van der Waals surface area contributed by atoms with E-state index in [0.29, 0.717) is 24.5 Å². The van der Waals surface area contributed by atoms with Gasteiger partial charge in [-0.2, -0.15) is 4.98 Å². The maximum Gasteiger partial charge on any atom is 0.277 e. The monoisotopic (exact) mass is 576 g/mol. The minimum Gasteiger partial charge on any atom is -1.00 e. The molecule has 1 aromatic carbocycles. The fourth-order valence-electron chi connectivity index (χ4n) is 5.63. The van der Waals surface area contributed by atoms with Crippen LogP contribution in [-0.2, 0) is 13.0 Å². The van der Waals surface area contributed by atoms with Gasteiger partial charge >= 0.3 is 0 Å². The topological polar surface area (TPSA) is 79.5 Å². The number of hydrogen-bond acceptors (Lipinski definition) is 5. The van der Waals surface area contributed by atoms with Crippen molar-refractivity contribution in [3.63, 3.8) is 0 Å². The largest absolute Gasteiger partial charge is 1.00 e. The summed E-state index contributed by atoms with van der Waals surface area (Å²) in [5.74, 6) is 2.37. The van der Waals surface area contributed by atoms with Gasteiger partial charge in [0.15, 0.2) is 17.1 Å². The SMILES string of the molecule is CCOc1ccccc1[NH+]1CC[NH+](CCCn2c(=O)c3c(C)nc(CC)n3c3nc(OC)ccc32)CC1.[Cl-].[Cl-]. The highest BCUT2D eigenvalue weighted by molar-refractivity contribution is 5.77. The molecule has 212 valence electrons. The number of ether oxygens (including phenoxy) is 2. The zero-order chi connectivity index (χ0) is 25.9. The maximum atomic E-state index is 13.6. The summed E-state index contributed by atoms with van der Waals surface area (Å²) >= 11 is 0. The van der Waals surface area contributed by atoms with Crippen LogP contribution in [0.15, 0.2) is 41.2 Å². The Bertz CT molecular complexity index is 1460. The minimum absolute atomic E-state index is 0. The number of halogens is 2. The molecule has 0 amide bonds. The first-order chi connectivity index (χ1) is 18.0. The van der Waals surface area contributed by atoms with E-state index in [2.05, 4.69) is 23.2 Å². The number of nitrogens with zero attached hydrogens (tertiary/aromatic N) is 4. The van der Waals surface area contributed by atoms with Crippen LogP contribution in [0.3, 0.4) is 0 Å². The summed E-state index contributed by atoms with van der Waals surface area (Å²) in [5, 5.41) is 0. The van der Waals surface area contributed by atoms with Crippen LogP contribution in [0.2, 0.25) is 0 Å². The summed E-state index contributed by atoms with van der Waals surface area (Å²) in [5.41, 5.74) is 4.18. The third-order valence-corrected chi connectivity index (χ3v) is 7.47. The number of aryl methyl sites for hydroxylation is 3. The smallest absolute Gasteiger partial charge is 0.277 e. The molecular weight excluding hydrogens is 539 g/mol.